The molecule has 21 heavy (non-hydrogen) atoms. The molecule has 0 aliphatic heterocycles. The van der Waals surface area contributed by atoms with Gasteiger partial charge < -0.3 is 10.1 Å². The first-order valence-electron chi connectivity index (χ1n) is 5.97. The molecule has 1 unspecified atom stereocenters. The van der Waals surface area contributed by atoms with Gasteiger partial charge in [-0.2, -0.15) is 10.2 Å². The van der Waals surface area contributed by atoms with Crippen molar-refractivity contribution in [3.05, 3.63) is 33.2 Å². The third kappa shape index (κ3) is 3.45. The fourth-order valence-corrected chi connectivity index (χ4v) is 2.01. The number of nitrogens with one attached hydrogen (secondary N) is 2. The Balaban J connectivity index is 2.21. The molecule has 0 radical (unpaired) electrons. The Morgan fingerprint density at radius 2 is 2.38 bits per heavy atom. The normalized spacial score (nSPS) is 12.0. The molecule has 0 saturated carbocycles. The molecule has 9 nitrogen and oxygen atoms in total. The number of rotatable bonds is 5. The SMILES string of the molecule is COC(=O)Cn1ncc(NC(C)c2ncn[nH]2)c(Br)c1=O. The minimum absolute atomic E-state index is 0.193. The van der Waals surface area contributed by atoms with Crippen molar-refractivity contribution in [3.8, 4) is 0 Å². The lowest BCUT2D eigenvalue weighted by Gasteiger charge is -2.14. The maximum Gasteiger partial charge on any atom is 0.327 e. The van der Waals surface area contributed by atoms with Gasteiger partial charge in [0.2, 0.25) is 0 Å². The predicted octanol–water partition coefficient (Wildman–Crippen LogP) is 0.470. The van der Waals surface area contributed by atoms with Gasteiger partial charge in [0.15, 0.2) is 0 Å². The zero-order valence-electron chi connectivity index (χ0n) is 11.3. The lowest BCUT2D eigenvalue weighted by atomic mass is 10.3. The summed E-state index contributed by atoms with van der Waals surface area (Å²) < 4.78 is 5.79. The van der Waals surface area contributed by atoms with E-state index in [0.717, 1.165) is 4.68 Å². The number of H-pyrrole nitrogens is 1. The molecule has 0 fully saturated rings. The van der Waals surface area contributed by atoms with Gasteiger partial charge in [0.25, 0.3) is 5.56 Å². The number of ether oxygens (including phenoxy) is 1. The van der Waals surface area contributed by atoms with Gasteiger partial charge in [-0.05, 0) is 22.9 Å². The number of aromatic nitrogens is 5. The monoisotopic (exact) mass is 356 g/mol. The van der Waals surface area contributed by atoms with E-state index in [9.17, 15) is 9.59 Å². The second-order valence-electron chi connectivity index (χ2n) is 4.15. The average Bonchev–Trinajstić information content (AvgIpc) is 3.01. The molecule has 2 N–H and O–H groups in total. The summed E-state index contributed by atoms with van der Waals surface area (Å²) >= 11 is 3.20. The van der Waals surface area contributed by atoms with E-state index in [1.807, 2.05) is 6.92 Å². The number of nitrogens with zero attached hydrogens (tertiary/aromatic N) is 4. The van der Waals surface area contributed by atoms with Gasteiger partial charge in [0, 0.05) is 0 Å². The molecule has 0 aromatic carbocycles. The first-order chi connectivity index (χ1) is 10.0. The van der Waals surface area contributed by atoms with E-state index >= 15 is 0 Å². The zero-order valence-corrected chi connectivity index (χ0v) is 12.9. The topological polar surface area (TPSA) is 115 Å². The molecule has 1 atom stereocenters. The lowest BCUT2D eigenvalue weighted by Crippen LogP contribution is -2.28. The molecule has 2 aromatic rings. The van der Waals surface area contributed by atoms with E-state index in [-0.39, 0.29) is 17.1 Å². The summed E-state index contributed by atoms with van der Waals surface area (Å²) in [5.74, 6) is 0.0767. The van der Waals surface area contributed by atoms with Gasteiger partial charge >= 0.3 is 5.97 Å². The molecule has 0 bridgehead atoms. The molecule has 2 rings (SSSR count). The first-order valence-corrected chi connectivity index (χ1v) is 6.76. The third-order valence-electron chi connectivity index (χ3n) is 2.71. The number of halogens is 1. The largest absolute Gasteiger partial charge is 0.468 e. The van der Waals surface area contributed by atoms with Crippen molar-refractivity contribution in [3.63, 3.8) is 0 Å². The van der Waals surface area contributed by atoms with Gasteiger partial charge in [-0.1, -0.05) is 0 Å². The minimum atomic E-state index is -0.549. The minimum Gasteiger partial charge on any atom is -0.468 e. The van der Waals surface area contributed by atoms with Crippen LogP contribution in [-0.4, -0.2) is 38.0 Å². The molecule has 10 heteroatoms. The van der Waals surface area contributed by atoms with Crippen LogP contribution in [0.4, 0.5) is 5.69 Å². The molecular formula is C11H13BrN6O3. The zero-order chi connectivity index (χ0) is 15.4. The van der Waals surface area contributed by atoms with Crippen molar-refractivity contribution in [2.45, 2.75) is 19.5 Å². The quantitative estimate of drug-likeness (QED) is 0.748. The van der Waals surface area contributed by atoms with Crippen LogP contribution in [0.5, 0.6) is 0 Å². The van der Waals surface area contributed by atoms with Gasteiger partial charge in [-0.25, -0.2) is 9.67 Å². The summed E-state index contributed by atoms with van der Waals surface area (Å²) in [6.07, 6.45) is 2.84. The highest BCUT2D eigenvalue weighted by Gasteiger charge is 2.15. The highest BCUT2D eigenvalue weighted by Crippen LogP contribution is 2.21. The first kappa shape index (κ1) is 15.2. The summed E-state index contributed by atoms with van der Waals surface area (Å²) in [6, 6.07) is -0.193. The molecule has 0 amide bonds. The summed E-state index contributed by atoms with van der Waals surface area (Å²) in [7, 11) is 1.25. The predicted molar refractivity (Wildman–Crippen MR) is 76.6 cm³/mol. The number of aromatic amines is 1. The van der Waals surface area contributed by atoms with Crippen molar-refractivity contribution in [1.82, 2.24) is 25.0 Å². The standard InChI is InChI=1S/C11H13BrN6O3/c1-6(10-13-5-14-17-10)16-7-3-15-18(4-8(19)21-2)11(20)9(7)12/h3,5-6,16H,4H2,1-2H3,(H,13,14,17). The fourth-order valence-electron chi connectivity index (χ4n) is 1.59. The molecule has 0 aliphatic carbocycles. The smallest absolute Gasteiger partial charge is 0.327 e. The van der Waals surface area contributed by atoms with Crippen LogP contribution in [-0.2, 0) is 16.1 Å². The van der Waals surface area contributed by atoms with Crippen LogP contribution in [0.1, 0.15) is 18.8 Å². The van der Waals surface area contributed by atoms with Crippen molar-refractivity contribution in [2.24, 2.45) is 0 Å². The van der Waals surface area contributed by atoms with E-state index in [2.05, 4.69) is 46.3 Å². The average molecular weight is 357 g/mol. The number of carbonyl (C=O) groups is 1. The Labute approximate surface area is 127 Å². The molecular weight excluding hydrogens is 344 g/mol. The van der Waals surface area contributed by atoms with E-state index in [1.54, 1.807) is 0 Å². The highest BCUT2D eigenvalue weighted by molar-refractivity contribution is 9.10. The van der Waals surface area contributed by atoms with Gasteiger partial charge in [-0.15, -0.1) is 0 Å². The summed E-state index contributed by atoms with van der Waals surface area (Å²) in [6.45, 7) is 1.61. The summed E-state index contributed by atoms with van der Waals surface area (Å²) in [4.78, 5) is 27.3. The number of methoxy groups -OCH3 is 1. The van der Waals surface area contributed by atoms with Crippen molar-refractivity contribution >= 4 is 27.6 Å². The third-order valence-corrected chi connectivity index (χ3v) is 3.47. The molecule has 2 heterocycles. The second kappa shape index (κ2) is 6.48. The molecule has 0 aliphatic rings. The van der Waals surface area contributed by atoms with Crippen LogP contribution in [0.25, 0.3) is 0 Å². The number of carbonyl (C=O) groups excluding carboxylic acids is 1. The Kier molecular flexibility index (Phi) is 4.68. The van der Waals surface area contributed by atoms with Crippen molar-refractivity contribution in [2.75, 3.05) is 12.4 Å². The van der Waals surface area contributed by atoms with Crippen molar-refractivity contribution < 1.29 is 9.53 Å². The van der Waals surface area contributed by atoms with E-state index in [4.69, 9.17) is 0 Å². The van der Waals surface area contributed by atoms with Crippen LogP contribution >= 0.6 is 15.9 Å². The Morgan fingerprint density at radius 1 is 1.62 bits per heavy atom. The molecule has 112 valence electrons. The van der Waals surface area contributed by atoms with E-state index in [1.165, 1.54) is 19.6 Å². The number of esters is 1. The van der Waals surface area contributed by atoms with Crippen molar-refractivity contribution in [1.29, 1.82) is 0 Å². The Hall–Kier alpha value is -2.23. The maximum atomic E-state index is 12.1. The van der Waals surface area contributed by atoms with Gasteiger partial charge in [-0.3, -0.25) is 14.7 Å². The fraction of sp³-hybridized carbons (Fsp3) is 0.364. The number of hydrogen-bond donors (Lipinski definition) is 2. The Morgan fingerprint density at radius 3 is 3.00 bits per heavy atom. The van der Waals surface area contributed by atoms with Crippen LogP contribution in [0.3, 0.4) is 0 Å². The van der Waals surface area contributed by atoms with Crippen LogP contribution < -0.4 is 10.9 Å². The van der Waals surface area contributed by atoms with E-state index in [0.29, 0.717) is 11.5 Å². The molecule has 0 spiro atoms. The lowest BCUT2D eigenvalue weighted by molar-refractivity contribution is -0.141. The van der Waals surface area contributed by atoms with Gasteiger partial charge in [0.05, 0.1) is 25.0 Å². The number of anilines is 1. The highest BCUT2D eigenvalue weighted by atomic mass is 79.9. The van der Waals surface area contributed by atoms with Crippen LogP contribution in [0, 0.1) is 0 Å². The number of hydrogen-bond acceptors (Lipinski definition) is 7. The second-order valence-corrected chi connectivity index (χ2v) is 4.94. The van der Waals surface area contributed by atoms with Gasteiger partial charge in [0.1, 0.15) is 23.2 Å². The van der Waals surface area contributed by atoms with Crippen LogP contribution in [0.2, 0.25) is 0 Å². The molecule has 2 aromatic heterocycles. The summed E-state index contributed by atoms with van der Waals surface area (Å²) in [5.41, 5.74) is 0.0557. The van der Waals surface area contributed by atoms with E-state index < -0.39 is 11.5 Å². The summed E-state index contributed by atoms with van der Waals surface area (Å²) in [5, 5.41) is 13.5. The maximum absolute atomic E-state index is 12.1. The Bertz CT molecular complexity index is 684. The molecule has 0 saturated heterocycles. The van der Waals surface area contributed by atoms with Crippen LogP contribution in [0.15, 0.2) is 21.8 Å².